The van der Waals surface area contributed by atoms with Gasteiger partial charge in [0, 0.05) is 0 Å². The first kappa shape index (κ1) is 19.2. The zero-order valence-electron chi connectivity index (χ0n) is 7.24. The summed E-state index contributed by atoms with van der Waals surface area (Å²) in [5.74, 6) is -5.02. The predicted molar refractivity (Wildman–Crippen MR) is 46.8 cm³/mol. The highest BCUT2D eigenvalue weighted by atomic mass is 35.5. The molecule has 0 bridgehead atoms. The van der Waals surface area contributed by atoms with E-state index in [1.807, 2.05) is 0 Å². The van der Waals surface area contributed by atoms with Gasteiger partial charge in [0.05, 0.1) is 12.8 Å². The van der Waals surface area contributed by atoms with Gasteiger partial charge in [0.1, 0.15) is 0 Å². The number of carboxylic acids is 3. The fourth-order valence-corrected chi connectivity index (χ4v) is 0.714. The molecular weight excluding hydrogens is 239 g/mol. The van der Waals surface area contributed by atoms with Gasteiger partial charge >= 0.3 is 17.9 Å². The van der Waals surface area contributed by atoms with Gasteiger partial charge in [-0.05, 0) is 0 Å². The highest BCUT2D eigenvalue weighted by Crippen LogP contribution is 2.15. The van der Waals surface area contributed by atoms with E-state index in [2.05, 4.69) is 0 Å². The van der Waals surface area contributed by atoms with Gasteiger partial charge in [-0.15, -0.1) is 12.4 Å². The second-order valence-corrected chi connectivity index (χ2v) is 2.48. The monoisotopic (exact) mass is 248 g/mol. The third-order valence-electron chi connectivity index (χ3n) is 1.29. The number of aliphatic hydroxyl groups is 1. The molecule has 0 saturated carbocycles. The van der Waals surface area contributed by atoms with Gasteiger partial charge < -0.3 is 20.4 Å². The summed E-state index contributed by atoms with van der Waals surface area (Å²) in [5, 5.41) is 33.8. The van der Waals surface area contributed by atoms with Crippen molar-refractivity contribution < 1.29 is 39.5 Å². The molecule has 0 fully saturated rings. The Morgan fingerprint density at radius 3 is 1.33 bits per heavy atom. The van der Waals surface area contributed by atoms with E-state index in [0.29, 0.717) is 0 Å². The number of hydrogen-bond acceptors (Lipinski definition) is 4. The van der Waals surface area contributed by atoms with Crippen LogP contribution in [0.15, 0.2) is 0 Å². The lowest BCUT2D eigenvalue weighted by atomic mass is 9.96. The summed E-state index contributed by atoms with van der Waals surface area (Å²) in [5.41, 5.74) is -2.74. The topological polar surface area (TPSA) is 132 Å². The average molecular weight is 249 g/mol. The van der Waals surface area contributed by atoms with Crippen molar-refractivity contribution in [1.82, 2.24) is 0 Å². The van der Waals surface area contributed by atoms with Gasteiger partial charge in [-0.2, -0.15) is 0 Å². The Hall–Kier alpha value is -1.41. The lowest BCUT2D eigenvalue weighted by Crippen LogP contribution is -2.42. The molecule has 0 atom stereocenters. The van der Waals surface area contributed by atoms with Gasteiger partial charge in [0.2, 0.25) is 0 Å². The van der Waals surface area contributed by atoms with Crippen LogP contribution in [-0.2, 0) is 14.4 Å². The molecule has 0 spiro atoms. The minimum Gasteiger partial charge on any atom is -0.481 e. The largest absolute Gasteiger partial charge is 0.481 e. The molecule has 0 saturated heterocycles. The van der Waals surface area contributed by atoms with Crippen molar-refractivity contribution in [2.24, 2.45) is 0 Å². The number of rotatable bonds is 5. The molecular formula is C6H10ClFO7. The molecule has 90 valence electrons. The Morgan fingerprint density at radius 2 is 1.20 bits per heavy atom. The van der Waals surface area contributed by atoms with Gasteiger partial charge in [-0.3, -0.25) is 14.3 Å². The van der Waals surface area contributed by atoms with Gasteiger partial charge in [0.15, 0.2) is 5.60 Å². The molecule has 0 aliphatic heterocycles. The van der Waals surface area contributed by atoms with Crippen molar-refractivity contribution in [3.63, 3.8) is 0 Å². The summed E-state index contributed by atoms with van der Waals surface area (Å²) in [6, 6.07) is 0. The van der Waals surface area contributed by atoms with Crippen LogP contribution in [0.5, 0.6) is 0 Å². The lowest BCUT2D eigenvalue weighted by Gasteiger charge is -2.18. The molecule has 0 radical (unpaired) electrons. The van der Waals surface area contributed by atoms with Crippen LogP contribution in [0.1, 0.15) is 12.8 Å². The average Bonchev–Trinajstić information content (AvgIpc) is 1.82. The first-order valence-corrected chi connectivity index (χ1v) is 3.17. The molecule has 0 heterocycles. The van der Waals surface area contributed by atoms with Crippen molar-refractivity contribution in [3.05, 3.63) is 0 Å². The predicted octanol–water partition coefficient (Wildman–Crippen LogP) is -0.674. The van der Waals surface area contributed by atoms with Crippen molar-refractivity contribution in [3.8, 4) is 0 Å². The molecule has 15 heavy (non-hydrogen) atoms. The lowest BCUT2D eigenvalue weighted by molar-refractivity contribution is -0.170. The SMILES string of the molecule is Cl.F.O=C(O)CC(O)(CC(=O)O)C(=O)O. The number of carbonyl (C=O) groups is 3. The molecule has 0 aliphatic rings. The molecule has 4 N–H and O–H groups in total. The van der Waals surface area contributed by atoms with Crippen LogP contribution in [-0.4, -0.2) is 43.9 Å². The van der Waals surface area contributed by atoms with Crippen LogP contribution in [0.3, 0.4) is 0 Å². The number of hydrogen-bond donors (Lipinski definition) is 4. The van der Waals surface area contributed by atoms with Crippen molar-refractivity contribution in [1.29, 1.82) is 0 Å². The molecule has 0 rings (SSSR count). The smallest absolute Gasteiger partial charge is 0.336 e. The summed E-state index contributed by atoms with van der Waals surface area (Å²) < 4.78 is 0. The Bertz CT molecular complexity index is 238. The molecule has 0 aromatic rings. The second kappa shape index (κ2) is 6.96. The van der Waals surface area contributed by atoms with Gasteiger partial charge in [-0.1, -0.05) is 0 Å². The second-order valence-electron chi connectivity index (χ2n) is 2.48. The van der Waals surface area contributed by atoms with Crippen molar-refractivity contribution in [2.75, 3.05) is 0 Å². The Balaban J connectivity index is -0.000000720. The molecule has 0 aliphatic carbocycles. The summed E-state index contributed by atoms with van der Waals surface area (Å²) in [6.07, 6.45) is -2.29. The standard InChI is InChI=1S/C6H8O7.ClH.FH/c7-3(8)1-6(13,5(11)12)2-4(9)10;;/h13H,1-2H2,(H,7,8)(H,9,10)(H,11,12);2*1H. The summed E-state index contributed by atoms with van der Waals surface area (Å²) in [7, 11) is 0. The van der Waals surface area contributed by atoms with E-state index in [4.69, 9.17) is 20.4 Å². The number of carboxylic acid groups (broad SMARTS) is 3. The minimum absolute atomic E-state index is 0. The summed E-state index contributed by atoms with van der Waals surface area (Å²) in [4.78, 5) is 30.5. The quantitative estimate of drug-likeness (QED) is 0.507. The minimum atomic E-state index is -2.74. The van der Waals surface area contributed by atoms with E-state index >= 15 is 0 Å². The Morgan fingerprint density at radius 1 is 0.933 bits per heavy atom. The fraction of sp³-hybridized carbons (Fsp3) is 0.500. The van der Waals surface area contributed by atoms with Crippen LogP contribution in [0.2, 0.25) is 0 Å². The number of halogens is 2. The Kier molecular flexibility index (Phi) is 8.91. The van der Waals surface area contributed by atoms with Crippen LogP contribution >= 0.6 is 12.4 Å². The molecule has 0 aromatic heterocycles. The van der Waals surface area contributed by atoms with Crippen LogP contribution in [0.4, 0.5) is 4.70 Å². The fourth-order valence-electron chi connectivity index (χ4n) is 0.714. The molecule has 0 unspecified atom stereocenters. The highest BCUT2D eigenvalue weighted by molar-refractivity contribution is 5.88. The van der Waals surface area contributed by atoms with Crippen LogP contribution in [0, 0.1) is 0 Å². The van der Waals surface area contributed by atoms with E-state index in [9.17, 15) is 14.4 Å². The highest BCUT2D eigenvalue weighted by Gasteiger charge is 2.40. The zero-order chi connectivity index (χ0) is 10.6. The zero-order valence-corrected chi connectivity index (χ0v) is 8.06. The maximum atomic E-state index is 10.3. The molecule has 9 heteroatoms. The molecule has 7 nitrogen and oxygen atoms in total. The number of aliphatic carboxylic acids is 3. The van der Waals surface area contributed by atoms with E-state index in [1.165, 1.54) is 0 Å². The van der Waals surface area contributed by atoms with Crippen LogP contribution < -0.4 is 0 Å². The van der Waals surface area contributed by atoms with E-state index in [0.717, 1.165) is 0 Å². The van der Waals surface area contributed by atoms with Gasteiger partial charge in [0.25, 0.3) is 0 Å². The van der Waals surface area contributed by atoms with Crippen molar-refractivity contribution >= 4 is 30.3 Å². The van der Waals surface area contributed by atoms with E-state index < -0.39 is 36.4 Å². The summed E-state index contributed by atoms with van der Waals surface area (Å²) >= 11 is 0. The summed E-state index contributed by atoms with van der Waals surface area (Å²) in [6.45, 7) is 0. The van der Waals surface area contributed by atoms with E-state index in [-0.39, 0.29) is 17.1 Å². The van der Waals surface area contributed by atoms with Gasteiger partial charge in [-0.25, -0.2) is 4.79 Å². The van der Waals surface area contributed by atoms with E-state index in [1.54, 1.807) is 0 Å². The third-order valence-corrected chi connectivity index (χ3v) is 1.29. The molecule has 0 amide bonds. The molecule has 0 aromatic carbocycles. The Labute approximate surface area is 89.1 Å². The maximum absolute atomic E-state index is 10.3. The maximum Gasteiger partial charge on any atom is 0.336 e. The normalized spacial score (nSPS) is 9.40. The first-order chi connectivity index (χ1) is 5.78. The third kappa shape index (κ3) is 6.63. The van der Waals surface area contributed by atoms with Crippen LogP contribution in [0.25, 0.3) is 0 Å². The van der Waals surface area contributed by atoms with Crippen molar-refractivity contribution in [2.45, 2.75) is 18.4 Å². The first-order valence-electron chi connectivity index (χ1n) is 3.17.